The molecule has 1 aliphatic rings. The second-order valence-electron chi connectivity index (χ2n) is 5.58. The van der Waals surface area contributed by atoms with Gasteiger partial charge in [0.2, 0.25) is 11.9 Å². The number of amides is 1. The Morgan fingerprint density at radius 3 is 2.48 bits per heavy atom. The van der Waals surface area contributed by atoms with Crippen molar-refractivity contribution < 1.29 is 9.53 Å². The Kier molecular flexibility index (Phi) is 4.83. The summed E-state index contributed by atoms with van der Waals surface area (Å²) in [6.45, 7) is 4.99. The zero-order chi connectivity index (χ0) is 16.1. The quantitative estimate of drug-likeness (QED) is 0.932. The molecule has 0 atom stereocenters. The van der Waals surface area contributed by atoms with E-state index in [-0.39, 0.29) is 5.91 Å². The van der Waals surface area contributed by atoms with E-state index in [1.165, 1.54) is 5.56 Å². The van der Waals surface area contributed by atoms with Gasteiger partial charge in [0.25, 0.3) is 0 Å². The van der Waals surface area contributed by atoms with Gasteiger partial charge in [0, 0.05) is 13.1 Å². The van der Waals surface area contributed by atoms with E-state index in [0.717, 1.165) is 18.7 Å². The number of anilines is 2. The number of carbonyl (C=O) groups excluding carboxylic acids is 1. The first-order valence-electron chi connectivity index (χ1n) is 7.71. The van der Waals surface area contributed by atoms with Crippen LogP contribution in [0.1, 0.15) is 11.1 Å². The highest BCUT2D eigenvalue weighted by molar-refractivity contribution is 5.91. The van der Waals surface area contributed by atoms with Gasteiger partial charge >= 0.3 is 0 Å². The summed E-state index contributed by atoms with van der Waals surface area (Å²) in [6, 6.07) is 7.94. The van der Waals surface area contributed by atoms with Gasteiger partial charge < -0.3 is 15.0 Å². The van der Waals surface area contributed by atoms with Crippen LogP contribution < -0.4 is 10.2 Å². The number of ether oxygens (including phenoxy) is 1. The standard InChI is InChI=1S/C17H20N4O2/c1-13-2-4-14(5-3-13)10-16(22)20-15-11-18-17(19-12-15)21-6-8-23-9-7-21/h2-5,11-12H,6-10H2,1H3,(H,20,22). The van der Waals surface area contributed by atoms with Gasteiger partial charge in [-0.1, -0.05) is 29.8 Å². The van der Waals surface area contributed by atoms with E-state index in [2.05, 4.69) is 20.2 Å². The van der Waals surface area contributed by atoms with Gasteiger partial charge in [0.15, 0.2) is 0 Å². The molecule has 0 bridgehead atoms. The van der Waals surface area contributed by atoms with E-state index in [1.807, 2.05) is 31.2 Å². The molecular weight excluding hydrogens is 292 g/mol. The highest BCUT2D eigenvalue weighted by Gasteiger charge is 2.13. The average molecular weight is 312 g/mol. The predicted octanol–water partition coefficient (Wildman–Crippen LogP) is 1.80. The fourth-order valence-corrected chi connectivity index (χ4v) is 2.41. The SMILES string of the molecule is Cc1ccc(CC(=O)Nc2cnc(N3CCOCC3)nc2)cc1. The minimum atomic E-state index is -0.0726. The molecule has 1 aromatic heterocycles. The second kappa shape index (κ2) is 7.19. The van der Waals surface area contributed by atoms with Crippen molar-refractivity contribution in [2.45, 2.75) is 13.3 Å². The highest BCUT2D eigenvalue weighted by atomic mass is 16.5. The Labute approximate surface area is 135 Å². The van der Waals surface area contributed by atoms with Crippen molar-refractivity contribution in [2.75, 3.05) is 36.5 Å². The summed E-state index contributed by atoms with van der Waals surface area (Å²) in [6.07, 6.45) is 3.63. The number of nitrogens with one attached hydrogen (secondary N) is 1. The molecule has 0 saturated carbocycles. The van der Waals surface area contributed by atoms with Crippen LogP contribution in [0.3, 0.4) is 0 Å². The largest absolute Gasteiger partial charge is 0.378 e. The first kappa shape index (κ1) is 15.4. The molecule has 1 aliphatic heterocycles. The van der Waals surface area contributed by atoms with Crippen LogP contribution in [0.4, 0.5) is 11.6 Å². The minimum Gasteiger partial charge on any atom is -0.378 e. The van der Waals surface area contributed by atoms with Gasteiger partial charge in [-0.3, -0.25) is 4.79 Å². The summed E-state index contributed by atoms with van der Waals surface area (Å²) in [7, 11) is 0. The van der Waals surface area contributed by atoms with Gasteiger partial charge in [0.05, 0.1) is 37.7 Å². The van der Waals surface area contributed by atoms with Gasteiger partial charge in [-0.15, -0.1) is 0 Å². The van der Waals surface area contributed by atoms with Crippen LogP contribution in [0.15, 0.2) is 36.7 Å². The van der Waals surface area contributed by atoms with E-state index in [1.54, 1.807) is 12.4 Å². The number of nitrogens with zero attached hydrogens (tertiary/aromatic N) is 3. The molecule has 0 aliphatic carbocycles. The molecular formula is C17H20N4O2. The number of morpholine rings is 1. The van der Waals surface area contributed by atoms with Crippen molar-refractivity contribution in [1.82, 2.24) is 9.97 Å². The van der Waals surface area contributed by atoms with E-state index < -0.39 is 0 Å². The van der Waals surface area contributed by atoms with Crippen molar-refractivity contribution in [1.29, 1.82) is 0 Å². The first-order valence-corrected chi connectivity index (χ1v) is 7.71. The fourth-order valence-electron chi connectivity index (χ4n) is 2.41. The first-order chi connectivity index (χ1) is 11.2. The number of hydrogen-bond acceptors (Lipinski definition) is 5. The Morgan fingerprint density at radius 2 is 1.83 bits per heavy atom. The third kappa shape index (κ3) is 4.26. The van der Waals surface area contributed by atoms with Crippen LogP contribution in [0, 0.1) is 6.92 Å². The van der Waals surface area contributed by atoms with Gasteiger partial charge in [0.1, 0.15) is 0 Å². The lowest BCUT2D eigenvalue weighted by atomic mass is 10.1. The van der Waals surface area contributed by atoms with Crippen molar-refractivity contribution in [3.8, 4) is 0 Å². The van der Waals surface area contributed by atoms with Crippen LogP contribution in [-0.4, -0.2) is 42.2 Å². The zero-order valence-corrected chi connectivity index (χ0v) is 13.2. The van der Waals surface area contributed by atoms with E-state index in [4.69, 9.17) is 4.74 Å². The molecule has 1 N–H and O–H groups in total. The van der Waals surface area contributed by atoms with Crippen LogP contribution in [0.2, 0.25) is 0 Å². The van der Waals surface area contributed by atoms with Crippen LogP contribution in [0.5, 0.6) is 0 Å². The average Bonchev–Trinajstić information content (AvgIpc) is 2.58. The smallest absolute Gasteiger partial charge is 0.228 e. The van der Waals surface area contributed by atoms with E-state index >= 15 is 0 Å². The molecule has 2 heterocycles. The molecule has 1 saturated heterocycles. The molecule has 0 unspecified atom stereocenters. The third-order valence-corrected chi connectivity index (χ3v) is 3.70. The number of carbonyl (C=O) groups is 1. The summed E-state index contributed by atoms with van der Waals surface area (Å²) in [5.41, 5.74) is 2.78. The van der Waals surface area contributed by atoms with Crippen molar-refractivity contribution >= 4 is 17.5 Å². The van der Waals surface area contributed by atoms with E-state index in [9.17, 15) is 4.79 Å². The number of benzene rings is 1. The molecule has 2 aromatic rings. The van der Waals surface area contributed by atoms with E-state index in [0.29, 0.717) is 31.3 Å². The number of aromatic nitrogens is 2. The minimum absolute atomic E-state index is 0.0726. The summed E-state index contributed by atoms with van der Waals surface area (Å²) >= 11 is 0. The normalized spacial score (nSPS) is 14.6. The molecule has 1 amide bonds. The summed E-state index contributed by atoms with van der Waals surface area (Å²) in [5, 5.41) is 2.83. The maximum absolute atomic E-state index is 12.1. The van der Waals surface area contributed by atoms with Crippen molar-refractivity contribution in [3.05, 3.63) is 47.8 Å². The lowest BCUT2D eigenvalue weighted by Gasteiger charge is -2.26. The number of rotatable bonds is 4. The second-order valence-corrected chi connectivity index (χ2v) is 5.58. The van der Waals surface area contributed by atoms with Gasteiger partial charge in [-0.25, -0.2) is 9.97 Å². The van der Waals surface area contributed by atoms with Crippen LogP contribution in [-0.2, 0) is 16.0 Å². The molecule has 1 fully saturated rings. The Bertz CT molecular complexity index is 649. The van der Waals surface area contributed by atoms with Gasteiger partial charge in [-0.05, 0) is 12.5 Å². The topological polar surface area (TPSA) is 67.4 Å². The maximum atomic E-state index is 12.1. The Hall–Kier alpha value is -2.47. The number of aryl methyl sites for hydroxylation is 1. The lowest BCUT2D eigenvalue weighted by Crippen LogP contribution is -2.37. The van der Waals surface area contributed by atoms with Crippen LogP contribution in [0.25, 0.3) is 0 Å². The number of hydrogen-bond donors (Lipinski definition) is 1. The molecule has 1 aromatic carbocycles. The lowest BCUT2D eigenvalue weighted by molar-refractivity contribution is -0.115. The molecule has 6 nitrogen and oxygen atoms in total. The van der Waals surface area contributed by atoms with Crippen LogP contribution >= 0.6 is 0 Å². The fraction of sp³-hybridized carbons (Fsp3) is 0.353. The Morgan fingerprint density at radius 1 is 1.17 bits per heavy atom. The summed E-state index contributed by atoms with van der Waals surface area (Å²) in [4.78, 5) is 22.8. The Balaban J connectivity index is 1.57. The molecule has 120 valence electrons. The molecule has 0 radical (unpaired) electrons. The molecule has 6 heteroatoms. The highest BCUT2D eigenvalue weighted by Crippen LogP contribution is 2.12. The van der Waals surface area contributed by atoms with Gasteiger partial charge in [-0.2, -0.15) is 0 Å². The van der Waals surface area contributed by atoms with Crippen molar-refractivity contribution in [2.24, 2.45) is 0 Å². The maximum Gasteiger partial charge on any atom is 0.228 e. The van der Waals surface area contributed by atoms with Crippen molar-refractivity contribution in [3.63, 3.8) is 0 Å². The zero-order valence-electron chi connectivity index (χ0n) is 13.2. The third-order valence-electron chi connectivity index (χ3n) is 3.70. The summed E-state index contributed by atoms with van der Waals surface area (Å²) in [5.74, 6) is 0.599. The summed E-state index contributed by atoms with van der Waals surface area (Å²) < 4.78 is 5.31. The monoisotopic (exact) mass is 312 g/mol. The molecule has 0 spiro atoms. The molecule has 23 heavy (non-hydrogen) atoms. The predicted molar refractivity (Wildman–Crippen MR) is 88.6 cm³/mol. The molecule has 3 rings (SSSR count).